The fraction of sp³-hybridized carbons (Fsp3) is 0.750. The molecule has 0 aromatic carbocycles. The van der Waals surface area contributed by atoms with E-state index in [1.54, 1.807) is 0 Å². The molecule has 1 aliphatic carbocycles. The van der Waals surface area contributed by atoms with E-state index in [1.165, 1.54) is 0 Å². The Morgan fingerprint density at radius 2 is 2.39 bits per heavy atom. The van der Waals surface area contributed by atoms with Gasteiger partial charge in [-0.1, -0.05) is 24.3 Å². The van der Waals surface area contributed by atoms with E-state index in [2.05, 4.69) is 21.8 Å². The van der Waals surface area contributed by atoms with Gasteiger partial charge in [0.2, 0.25) is 0 Å². The molecule has 1 saturated carbocycles. The fourth-order valence-electron chi connectivity index (χ4n) is 2.34. The zero-order valence-corrected chi connectivity index (χ0v) is 11.4. The molecule has 0 spiro atoms. The minimum absolute atomic E-state index is 0.104. The van der Waals surface area contributed by atoms with Crippen molar-refractivity contribution in [1.29, 1.82) is 0 Å². The van der Waals surface area contributed by atoms with E-state index in [9.17, 15) is 9.90 Å². The zero-order valence-electron chi connectivity index (χ0n) is 10.6. The van der Waals surface area contributed by atoms with Gasteiger partial charge >= 0.3 is 0 Å². The van der Waals surface area contributed by atoms with Crippen LogP contribution in [0.25, 0.3) is 0 Å². The summed E-state index contributed by atoms with van der Waals surface area (Å²) in [4.78, 5) is 12.6. The monoisotopic (exact) mass is 269 g/mol. The third-order valence-corrected chi connectivity index (χ3v) is 4.16. The molecule has 100 valence electrons. The van der Waals surface area contributed by atoms with Gasteiger partial charge < -0.3 is 10.4 Å². The maximum Gasteiger partial charge on any atom is 0.264 e. The Hall–Kier alpha value is -1.01. The summed E-state index contributed by atoms with van der Waals surface area (Å²) in [5.41, 5.74) is 0.784. The molecule has 6 heteroatoms. The second-order valence-corrected chi connectivity index (χ2v) is 5.52. The lowest BCUT2D eigenvalue weighted by molar-refractivity contribution is 0.0919. The predicted molar refractivity (Wildman–Crippen MR) is 69.6 cm³/mol. The van der Waals surface area contributed by atoms with E-state index in [0.717, 1.165) is 49.3 Å². The van der Waals surface area contributed by atoms with E-state index in [1.807, 2.05) is 0 Å². The molecule has 5 nitrogen and oxygen atoms in total. The number of aliphatic hydroxyl groups excluding tert-OH is 1. The van der Waals surface area contributed by atoms with E-state index in [4.69, 9.17) is 0 Å². The summed E-state index contributed by atoms with van der Waals surface area (Å²) in [7, 11) is 0. The molecule has 1 aliphatic rings. The Balaban J connectivity index is 1.89. The third-order valence-electron chi connectivity index (χ3n) is 3.39. The Bertz CT molecular complexity index is 408. The van der Waals surface area contributed by atoms with Crippen LogP contribution in [0.1, 0.15) is 48.0 Å². The van der Waals surface area contributed by atoms with Crippen LogP contribution in [0.5, 0.6) is 0 Å². The van der Waals surface area contributed by atoms with Gasteiger partial charge in [0.25, 0.3) is 5.91 Å². The van der Waals surface area contributed by atoms with Gasteiger partial charge in [0, 0.05) is 12.5 Å². The Morgan fingerprint density at radius 1 is 1.56 bits per heavy atom. The number of carbonyl (C=O) groups is 1. The van der Waals surface area contributed by atoms with Crippen molar-refractivity contribution >= 4 is 17.4 Å². The average Bonchev–Trinajstić information content (AvgIpc) is 2.96. The summed E-state index contributed by atoms with van der Waals surface area (Å²) in [6.45, 7) is 2.60. The number of hydrogen-bond acceptors (Lipinski definition) is 5. The molecular weight excluding hydrogens is 250 g/mol. The van der Waals surface area contributed by atoms with Crippen LogP contribution in [-0.2, 0) is 6.42 Å². The number of nitrogens with one attached hydrogen (secondary N) is 1. The number of aryl methyl sites for hydroxylation is 1. The quantitative estimate of drug-likeness (QED) is 0.847. The molecule has 1 heterocycles. The smallest absolute Gasteiger partial charge is 0.264 e. The third kappa shape index (κ3) is 3.05. The van der Waals surface area contributed by atoms with Crippen molar-refractivity contribution in [3.8, 4) is 0 Å². The summed E-state index contributed by atoms with van der Waals surface area (Å²) in [5, 5.41) is 16.6. The minimum Gasteiger partial charge on any atom is -0.393 e. The van der Waals surface area contributed by atoms with Gasteiger partial charge in [-0.2, -0.15) is 0 Å². The highest BCUT2D eigenvalue weighted by atomic mass is 32.1. The van der Waals surface area contributed by atoms with E-state index in [0.29, 0.717) is 11.4 Å². The predicted octanol–water partition coefficient (Wildman–Crippen LogP) is 1.38. The summed E-state index contributed by atoms with van der Waals surface area (Å²) in [5.74, 6) is 0.0944. The highest BCUT2D eigenvalue weighted by Crippen LogP contribution is 2.24. The highest BCUT2D eigenvalue weighted by molar-refractivity contribution is 7.08. The van der Waals surface area contributed by atoms with E-state index in [-0.39, 0.29) is 17.9 Å². The maximum absolute atomic E-state index is 12.0. The van der Waals surface area contributed by atoms with Crippen LogP contribution in [0.4, 0.5) is 0 Å². The molecule has 18 heavy (non-hydrogen) atoms. The molecule has 2 unspecified atom stereocenters. The number of carbonyl (C=O) groups excluding carboxylic acids is 1. The number of hydrogen-bond donors (Lipinski definition) is 2. The normalized spacial score (nSPS) is 23.2. The number of nitrogens with zero attached hydrogens (tertiary/aromatic N) is 2. The second-order valence-electron chi connectivity index (χ2n) is 4.77. The van der Waals surface area contributed by atoms with Crippen molar-refractivity contribution in [2.24, 2.45) is 5.92 Å². The number of amides is 1. The molecule has 0 aliphatic heterocycles. The van der Waals surface area contributed by atoms with Gasteiger partial charge in [-0.05, 0) is 30.8 Å². The SMILES string of the molecule is CCCc1nnsc1C(=O)NCC1CCCC1O. The molecule has 0 bridgehead atoms. The first-order valence-corrected chi connectivity index (χ1v) is 7.27. The molecule has 1 aromatic heterocycles. The Kier molecular flexibility index (Phi) is 4.66. The van der Waals surface area contributed by atoms with Gasteiger partial charge in [-0.3, -0.25) is 4.79 Å². The van der Waals surface area contributed by atoms with Crippen LogP contribution in [-0.4, -0.2) is 33.2 Å². The number of aromatic nitrogens is 2. The van der Waals surface area contributed by atoms with Crippen molar-refractivity contribution in [1.82, 2.24) is 14.9 Å². The van der Waals surface area contributed by atoms with Crippen LogP contribution in [0, 0.1) is 5.92 Å². The second kappa shape index (κ2) is 6.24. The lowest BCUT2D eigenvalue weighted by Gasteiger charge is -2.14. The maximum atomic E-state index is 12.0. The first kappa shape index (κ1) is 13.4. The van der Waals surface area contributed by atoms with Crippen molar-refractivity contribution in [2.75, 3.05) is 6.54 Å². The molecule has 0 saturated heterocycles. The molecule has 1 fully saturated rings. The molecule has 1 aromatic rings. The first-order chi connectivity index (χ1) is 8.72. The van der Waals surface area contributed by atoms with Crippen molar-refractivity contribution in [3.63, 3.8) is 0 Å². The summed E-state index contributed by atoms with van der Waals surface area (Å²) in [6.07, 6.45) is 4.36. The lowest BCUT2D eigenvalue weighted by Crippen LogP contribution is -2.32. The van der Waals surface area contributed by atoms with Crippen LogP contribution >= 0.6 is 11.5 Å². The molecule has 1 amide bonds. The standard InChI is InChI=1S/C12H19N3O2S/c1-2-4-9-11(18-15-14-9)12(17)13-7-8-5-3-6-10(8)16/h8,10,16H,2-7H2,1H3,(H,13,17). The topological polar surface area (TPSA) is 75.1 Å². The summed E-state index contributed by atoms with van der Waals surface area (Å²) >= 11 is 1.15. The molecular formula is C12H19N3O2S. The molecule has 2 atom stereocenters. The highest BCUT2D eigenvalue weighted by Gasteiger charge is 2.26. The van der Waals surface area contributed by atoms with Crippen LogP contribution in [0.3, 0.4) is 0 Å². The van der Waals surface area contributed by atoms with Gasteiger partial charge in [-0.25, -0.2) is 0 Å². The summed E-state index contributed by atoms with van der Waals surface area (Å²) < 4.78 is 3.84. The van der Waals surface area contributed by atoms with Gasteiger partial charge in [0.05, 0.1) is 11.8 Å². The van der Waals surface area contributed by atoms with Gasteiger partial charge in [0.15, 0.2) is 0 Å². The lowest BCUT2D eigenvalue weighted by atomic mass is 10.1. The Morgan fingerprint density at radius 3 is 3.06 bits per heavy atom. The van der Waals surface area contributed by atoms with Gasteiger partial charge in [-0.15, -0.1) is 5.10 Å². The van der Waals surface area contributed by atoms with Crippen molar-refractivity contribution in [3.05, 3.63) is 10.6 Å². The van der Waals surface area contributed by atoms with E-state index < -0.39 is 0 Å². The fourth-order valence-corrected chi connectivity index (χ4v) is 2.97. The summed E-state index contributed by atoms with van der Waals surface area (Å²) in [6, 6.07) is 0. The largest absolute Gasteiger partial charge is 0.393 e. The van der Waals surface area contributed by atoms with Crippen molar-refractivity contribution in [2.45, 2.75) is 45.1 Å². The van der Waals surface area contributed by atoms with E-state index >= 15 is 0 Å². The number of rotatable bonds is 5. The molecule has 0 radical (unpaired) electrons. The molecule has 2 rings (SSSR count). The molecule has 2 N–H and O–H groups in total. The first-order valence-electron chi connectivity index (χ1n) is 6.49. The Labute approximate surface area is 111 Å². The van der Waals surface area contributed by atoms with Crippen LogP contribution < -0.4 is 5.32 Å². The van der Waals surface area contributed by atoms with Crippen molar-refractivity contribution < 1.29 is 9.90 Å². The zero-order chi connectivity index (χ0) is 13.0. The van der Waals surface area contributed by atoms with Crippen LogP contribution in [0.15, 0.2) is 0 Å². The van der Waals surface area contributed by atoms with Crippen LogP contribution in [0.2, 0.25) is 0 Å². The van der Waals surface area contributed by atoms with Gasteiger partial charge in [0.1, 0.15) is 4.88 Å². The average molecular weight is 269 g/mol. The number of aliphatic hydroxyl groups is 1. The minimum atomic E-state index is -0.264.